The first-order valence-corrected chi connectivity index (χ1v) is 9.51. The van der Waals surface area contributed by atoms with E-state index < -0.39 is 0 Å². The summed E-state index contributed by atoms with van der Waals surface area (Å²) in [5, 5.41) is 6.86. The number of guanidine groups is 1. The van der Waals surface area contributed by atoms with Crippen LogP contribution in [0.4, 0.5) is 0 Å². The van der Waals surface area contributed by atoms with E-state index in [1.54, 1.807) is 0 Å². The normalized spacial score (nSPS) is 20.2. The van der Waals surface area contributed by atoms with Crippen molar-refractivity contribution < 1.29 is 0 Å². The highest BCUT2D eigenvalue weighted by molar-refractivity contribution is 14.0. The van der Waals surface area contributed by atoms with E-state index in [2.05, 4.69) is 74.0 Å². The average molecular weight is 468 g/mol. The molecule has 0 amide bonds. The van der Waals surface area contributed by atoms with Crippen LogP contribution in [0.3, 0.4) is 0 Å². The highest BCUT2D eigenvalue weighted by Gasteiger charge is 2.21. The number of nitrogens with one attached hydrogen (secondary N) is 2. The molecule has 0 spiro atoms. The van der Waals surface area contributed by atoms with Crippen LogP contribution in [-0.4, -0.2) is 98.7 Å². The van der Waals surface area contributed by atoms with Crippen LogP contribution in [0.2, 0.25) is 0 Å². The number of likely N-dealkylation sites (N-methyl/N-ethyl adjacent to an activating group) is 2. The number of halogens is 1. The molecular weight excluding hydrogens is 427 g/mol. The lowest BCUT2D eigenvalue weighted by Gasteiger charge is -2.37. The Bertz CT molecular complexity index is 367. The van der Waals surface area contributed by atoms with Crippen molar-refractivity contribution in [3.8, 4) is 0 Å². The van der Waals surface area contributed by atoms with Gasteiger partial charge in [-0.1, -0.05) is 0 Å². The Hall–Kier alpha value is -0.120. The molecule has 0 radical (unpaired) electrons. The lowest BCUT2D eigenvalue weighted by molar-refractivity contribution is 0.119. The Labute approximate surface area is 172 Å². The molecule has 2 N–H and O–H groups in total. The summed E-state index contributed by atoms with van der Waals surface area (Å²) in [7, 11) is 4.40. The lowest BCUT2D eigenvalue weighted by Crippen LogP contribution is -2.52. The van der Waals surface area contributed by atoms with Crippen molar-refractivity contribution >= 4 is 29.9 Å². The third-order valence-electron chi connectivity index (χ3n) is 4.77. The van der Waals surface area contributed by atoms with Crippen LogP contribution < -0.4 is 10.6 Å². The minimum absolute atomic E-state index is 0. The summed E-state index contributed by atoms with van der Waals surface area (Å²) in [6.45, 7) is 18.2. The summed E-state index contributed by atoms with van der Waals surface area (Å²) in [4.78, 5) is 12.1. The molecule has 6 nitrogen and oxygen atoms in total. The van der Waals surface area contributed by atoms with Crippen LogP contribution >= 0.6 is 24.0 Å². The zero-order valence-corrected chi connectivity index (χ0v) is 19.7. The first-order valence-electron chi connectivity index (χ1n) is 9.51. The van der Waals surface area contributed by atoms with Crippen LogP contribution in [-0.2, 0) is 0 Å². The Balaban J connectivity index is 0.00000576. The van der Waals surface area contributed by atoms with Gasteiger partial charge in [0.1, 0.15) is 0 Å². The molecule has 150 valence electrons. The van der Waals surface area contributed by atoms with E-state index in [4.69, 9.17) is 4.99 Å². The molecule has 1 aliphatic rings. The second kappa shape index (κ2) is 13.1. The molecule has 0 saturated carbocycles. The fourth-order valence-corrected chi connectivity index (χ4v) is 3.25. The summed E-state index contributed by atoms with van der Waals surface area (Å²) in [5.41, 5.74) is 0. The van der Waals surface area contributed by atoms with Gasteiger partial charge < -0.3 is 15.5 Å². The third-order valence-corrected chi connectivity index (χ3v) is 4.77. The Morgan fingerprint density at radius 1 is 1.12 bits per heavy atom. The van der Waals surface area contributed by atoms with Gasteiger partial charge in [-0.3, -0.25) is 14.8 Å². The van der Waals surface area contributed by atoms with Gasteiger partial charge in [-0.2, -0.15) is 0 Å². The maximum Gasteiger partial charge on any atom is 0.191 e. The fourth-order valence-electron chi connectivity index (χ4n) is 3.25. The summed E-state index contributed by atoms with van der Waals surface area (Å²) < 4.78 is 0. The monoisotopic (exact) mass is 468 g/mol. The Morgan fingerprint density at radius 3 is 2.32 bits per heavy atom. The maximum atomic E-state index is 4.82. The van der Waals surface area contributed by atoms with Crippen molar-refractivity contribution in [3.05, 3.63) is 0 Å². The second-order valence-corrected chi connectivity index (χ2v) is 7.47. The standard InChI is InChI=1S/C18H40N6.HI/c1-8-19-18(20-9-10-24(15(2)3)16(4)5)21-13-17-14-22(6)11-12-23(17)7;/h15-17H,8-14H2,1-7H3,(H2,19,20,21);1H. The predicted octanol–water partition coefficient (Wildman–Crippen LogP) is 1.52. The van der Waals surface area contributed by atoms with E-state index in [0.717, 1.165) is 51.8 Å². The molecule has 25 heavy (non-hydrogen) atoms. The molecule has 1 unspecified atom stereocenters. The van der Waals surface area contributed by atoms with E-state index in [9.17, 15) is 0 Å². The molecule has 0 aliphatic carbocycles. The molecule has 1 heterocycles. The van der Waals surface area contributed by atoms with Crippen LogP contribution in [0.5, 0.6) is 0 Å². The first kappa shape index (κ1) is 24.9. The molecule has 0 aromatic heterocycles. The average Bonchev–Trinajstić information content (AvgIpc) is 2.51. The number of nitrogens with zero attached hydrogens (tertiary/aromatic N) is 4. The van der Waals surface area contributed by atoms with Gasteiger partial charge in [-0.05, 0) is 48.7 Å². The third kappa shape index (κ3) is 9.40. The first-order chi connectivity index (χ1) is 11.3. The van der Waals surface area contributed by atoms with Gasteiger partial charge in [0, 0.05) is 57.4 Å². The number of hydrogen-bond acceptors (Lipinski definition) is 4. The number of hydrogen-bond donors (Lipinski definition) is 2. The molecule has 0 aromatic rings. The molecule has 1 rings (SSSR count). The molecule has 1 fully saturated rings. The molecule has 7 heteroatoms. The van der Waals surface area contributed by atoms with Crippen molar-refractivity contribution in [1.29, 1.82) is 0 Å². The fraction of sp³-hybridized carbons (Fsp3) is 0.944. The molecule has 1 atom stereocenters. The predicted molar refractivity (Wildman–Crippen MR) is 120 cm³/mol. The van der Waals surface area contributed by atoms with E-state index >= 15 is 0 Å². The van der Waals surface area contributed by atoms with Crippen LogP contribution in [0.15, 0.2) is 4.99 Å². The maximum absolute atomic E-state index is 4.82. The largest absolute Gasteiger partial charge is 0.357 e. The summed E-state index contributed by atoms with van der Waals surface area (Å²) in [6.07, 6.45) is 0. The highest BCUT2D eigenvalue weighted by Crippen LogP contribution is 2.06. The van der Waals surface area contributed by atoms with Crippen molar-refractivity contribution in [2.75, 3.05) is 59.9 Å². The minimum Gasteiger partial charge on any atom is -0.357 e. The van der Waals surface area contributed by atoms with E-state index in [1.165, 1.54) is 0 Å². The van der Waals surface area contributed by atoms with Crippen molar-refractivity contribution in [3.63, 3.8) is 0 Å². The Morgan fingerprint density at radius 2 is 1.76 bits per heavy atom. The van der Waals surface area contributed by atoms with Crippen LogP contribution in [0.25, 0.3) is 0 Å². The van der Waals surface area contributed by atoms with Gasteiger partial charge in [-0.15, -0.1) is 24.0 Å². The highest BCUT2D eigenvalue weighted by atomic mass is 127. The molecule has 0 bridgehead atoms. The van der Waals surface area contributed by atoms with E-state index in [0.29, 0.717) is 18.1 Å². The van der Waals surface area contributed by atoms with Crippen molar-refractivity contribution in [2.24, 2.45) is 4.99 Å². The topological polar surface area (TPSA) is 46.1 Å². The minimum atomic E-state index is 0. The van der Waals surface area contributed by atoms with Gasteiger partial charge in [0.15, 0.2) is 5.96 Å². The van der Waals surface area contributed by atoms with Crippen LogP contribution in [0, 0.1) is 0 Å². The summed E-state index contributed by atoms with van der Waals surface area (Å²) in [6, 6.07) is 1.64. The molecule has 1 saturated heterocycles. The van der Waals surface area contributed by atoms with Gasteiger partial charge in [0.2, 0.25) is 0 Å². The zero-order chi connectivity index (χ0) is 18.1. The second-order valence-electron chi connectivity index (χ2n) is 7.47. The van der Waals surface area contributed by atoms with Gasteiger partial charge in [0.25, 0.3) is 0 Å². The number of rotatable bonds is 8. The smallest absolute Gasteiger partial charge is 0.191 e. The van der Waals surface area contributed by atoms with Gasteiger partial charge in [0.05, 0.1) is 6.54 Å². The molecular formula is C18H41IN6. The quantitative estimate of drug-likeness (QED) is 0.322. The number of piperazine rings is 1. The van der Waals surface area contributed by atoms with Crippen LogP contribution in [0.1, 0.15) is 34.6 Å². The molecule has 1 aliphatic heterocycles. The number of aliphatic imine (C=N–C) groups is 1. The zero-order valence-electron chi connectivity index (χ0n) is 17.4. The van der Waals surface area contributed by atoms with Gasteiger partial charge in [-0.25, -0.2) is 0 Å². The Kier molecular flexibility index (Phi) is 13.0. The SMILES string of the molecule is CCNC(=NCC1CN(C)CCN1C)NCCN(C(C)C)C(C)C.I. The molecule has 0 aromatic carbocycles. The van der Waals surface area contributed by atoms with Gasteiger partial charge >= 0.3 is 0 Å². The van der Waals surface area contributed by atoms with Crippen molar-refractivity contribution in [1.82, 2.24) is 25.3 Å². The van der Waals surface area contributed by atoms with E-state index in [1.807, 2.05) is 0 Å². The van der Waals surface area contributed by atoms with Crippen molar-refractivity contribution in [2.45, 2.75) is 52.7 Å². The summed E-state index contributed by atoms with van der Waals surface area (Å²) in [5.74, 6) is 0.937. The lowest BCUT2D eigenvalue weighted by atomic mass is 10.2. The van der Waals surface area contributed by atoms with E-state index in [-0.39, 0.29) is 24.0 Å². The summed E-state index contributed by atoms with van der Waals surface area (Å²) >= 11 is 0.